The van der Waals surface area contributed by atoms with Crippen molar-refractivity contribution in [1.29, 1.82) is 0 Å². The summed E-state index contributed by atoms with van der Waals surface area (Å²) in [5.41, 5.74) is 1.76. The average Bonchev–Trinajstić information content (AvgIpc) is 3.42. The molecule has 3 N–H and O–H groups in total. The van der Waals surface area contributed by atoms with E-state index in [1.807, 2.05) is 24.3 Å². The smallest absolute Gasteiger partial charge is 0.248 e. The third-order valence-electron chi connectivity index (χ3n) is 7.41. The number of carbonyl (C=O) groups is 3. The number of aliphatic hydroxyl groups excluding tert-OH is 1. The van der Waals surface area contributed by atoms with Gasteiger partial charge < -0.3 is 25.5 Å². The van der Waals surface area contributed by atoms with E-state index in [9.17, 15) is 19.5 Å². The number of aliphatic hydroxyl groups is 1. The van der Waals surface area contributed by atoms with E-state index in [-0.39, 0.29) is 41.0 Å². The molecule has 1 spiro atoms. The molecule has 10 heteroatoms. The molecule has 4 rings (SSSR count). The van der Waals surface area contributed by atoms with Gasteiger partial charge >= 0.3 is 0 Å². The molecule has 3 aliphatic rings. The minimum absolute atomic E-state index is 0.0466. The quantitative estimate of drug-likeness (QED) is 0.405. The lowest BCUT2D eigenvalue weighted by atomic mass is 9.70. The van der Waals surface area contributed by atoms with Crippen LogP contribution < -0.4 is 15.5 Å². The molecule has 3 aliphatic heterocycles. The van der Waals surface area contributed by atoms with E-state index in [1.165, 1.54) is 0 Å². The zero-order chi connectivity index (χ0) is 24.6. The Morgan fingerprint density at radius 3 is 2.50 bits per heavy atom. The van der Waals surface area contributed by atoms with Crippen LogP contribution in [-0.2, 0) is 14.4 Å². The number of hydrogen-bond donors (Lipinski definition) is 3. The Morgan fingerprint density at radius 2 is 1.91 bits per heavy atom. The third kappa shape index (κ3) is 4.01. The van der Waals surface area contributed by atoms with Gasteiger partial charge in [0, 0.05) is 54.7 Å². The molecule has 6 atom stereocenters. The molecule has 1 aromatic rings. The van der Waals surface area contributed by atoms with Crippen LogP contribution in [0.5, 0.6) is 0 Å². The first-order chi connectivity index (χ1) is 16.3. The zero-order valence-electron chi connectivity index (χ0n) is 19.8. The molecule has 0 saturated carbocycles. The van der Waals surface area contributed by atoms with Crippen molar-refractivity contribution in [2.45, 2.75) is 47.6 Å². The van der Waals surface area contributed by atoms with Gasteiger partial charge in [-0.25, -0.2) is 0 Å². The summed E-state index contributed by atoms with van der Waals surface area (Å²) in [6, 6.07) is 7.03. The van der Waals surface area contributed by atoms with E-state index < -0.39 is 22.6 Å². The average molecular weight is 554 g/mol. The molecule has 0 aliphatic carbocycles. The Balaban J connectivity index is 1.64. The number of benzene rings is 1. The maximum absolute atomic E-state index is 13.7. The van der Waals surface area contributed by atoms with E-state index in [0.717, 1.165) is 18.8 Å². The molecule has 3 heterocycles. The number of likely N-dealkylation sites (tertiary alicyclic amines) is 1. The van der Waals surface area contributed by atoms with Gasteiger partial charge in [0.05, 0.1) is 16.6 Å². The topological polar surface area (TPSA) is 102 Å². The summed E-state index contributed by atoms with van der Waals surface area (Å²) in [6.07, 6.45) is 1.02. The van der Waals surface area contributed by atoms with E-state index >= 15 is 0 Å². The molecule has 0 aromatic heterocycles. The number of amides is 3. The van der Waals surface area contributed by atoms with Gasteiger partial charge in [-0.15, -0.1) is 11.8 Å². The Labute approximate surface area is 213 Å². The fraction of sp³-hybridized carbons (Fsp3) is 0.625. The van der Waals surface area contributed by atoms with Crippen LogP contribution in [0.15, 0.2) is 24.3 Å². The summed E-state index contributed by atoms with van der Waals surface area (Å²) in [4.78, 5) is 44.0. The molecule has 3 fully saturated rings. The van der Waals surface area contributed by atoms with Gasteiger partial charge in [-0.05, 0) is 51.0 Å². The third-order valence-corrected chi connectivity index (χ3v) is 10.6. The van der Waals surface area contributed by atoms with E-state index in [4.69, 9.17) is 0 Å². The summed E-state index contributed by atoms with van der Waals surface area (Å²) in [7, 11) is 1.59. The van der Waals surface area contributed by atoms with Gasteiger partial charge in [0.1, 0.15) is 6.04 Å². The van der Waals surface area contributed by atoms with Crippen LogP contribution in [0.2, 0.25) is 0 Å². The highest BCUT2D eigenvalue weighted by Crippen LogP contribution is 2.67. The highest BCUT2D eigenvalue weighted by Gasteiger charge is 2.75. The Morgan fingerprint density at radius 1 is 1.24 bits per heavy atom. The van der Waals surface area contributed by atoms with Gasteiger partial charge in [-0.1, -0.05) is 15.9 Å². The number of hydrogen-bond acceptors (Lipinski definition) is 6. The number of rotatable bonds is 9. The highest BCUT2D eigenvalue weighted by molar-refractivity contribution is 9.09. The van der Waals surface area contributed by atoms with E-state index in [0.29, 0.717) is 18.5 Å². The summed E-state index contributed by atoms with van der Waals surface area (Å²) in [5.74, 6) is -1.58. The van der Waals surface area contributed by atoms with E-state index in [1.54, 1.807) is 23.7 Å². The molecule has 34 heavy (non-hydrogen) atoms. The number of anilines is 2. The number of nitrogens with zero attached hydrogens (tertiary/aromatic N) is 2. The van der Waals surface area contributed by atoms with Crippen LogP contribution in [0.25, 0.3) is 0 Å². The SMILES string of the molecule is CCN(CC)c1ccc(NC(=O)C2N(CCCO)C(=O)[C@@H]3[C@H](C(=O)NC)[C@H]4SC23CC4Br)cc1. The molecule has 186 valence electrons. The van der Waals surface area contributed by atoms with Gasteiger partial charge in [0.25, 0.3) is 0 Å². The summed E-state index contributed by atoms with van der Waals surface area (Å²) in [5, 5.41) is 15.1. The minimum Gasteiger partial charge on any atom is -0.396 e. The molecular weight excluding hydrogens is 520 g/mol. The number of alkyl halides is 1. The standard InChI is InChI=1S/C24H33BrN4O4S/c1-4-28(5-2)15-9-7-14(8-10-15)27-22(32)20-24-13-16(25)19(34-24)17(21(31)26-3)18(24)23(33)29(20)11-6-12-30/h7-10,16-20,30H,4-6,11-13H2,1-3H3,(H,26,31)(H,27,32)/t16?,17-,18-,19-,20?,24?/m0/s1. The van der Waals surface area contributed by atoms with Crippen LogP contribution in [-0.4, -0.2) is 81.9 Å². The second kappa shape index (κ2) is 10.1. The molecule has 3 unspecified atom stereocenters. The zero-order valence-corrected chi connectivity index (χ0v) is 22.2. The number of halogens is 1. The van der Waals surface area contributed by atoms with Crippen LogP contribution in [0.3, 0.4) is 0 Å². The van der Waals surface area contributed by atoms with Gasteiger partial charge in [-0.3, -0.25) is 14.4 Å². The van der Waals surface area contributed by atoms with Crippen molar-refractivity contribution in [2.75, 3.05) is 43.5 Å². The molecule has 3 amide bonds. The fourth-order valence-electron chi connectivity index (χ4n) is 5.93. The minimum atomic E-state index is -0.705. The Kier molecular flexibility index (Phi) is 7.50. The fourth-order valence-corrected chi connectivity index (χ4v) is 9.55. The Bertz CT molecular complexity index is 943. The largest absolute Gasteiger partial charge is 0.396 e. The first-order valence-electron chi connectivity index (χ1n) is 11.9. The van der Waals surface area contributed by atoms with Gasteiger partial charge in [-0.2, -0.15) is 0 Å². The summed E-state index contributed by atoms with van der Waals surface area (Å²) in [6.45, 7) is 6.21. The van der Waals surface area contributed by atoms with Crippen LogP contribution >= 0.6 is 27.7 Å². The first kappa shape index (κ1) is 25.3. The van der Waals surface area contributed by atoms with Crippen molar-refractivity contribution in [3.8, 4) is 0 Å². The van der Waals surface area contributed by atoms with Crippen LogP contribution in [0.4, 0.5) is 11.4 Å². The van der Waals surface area contributed by atoms with E-state index in [2.05, 4.69) is 45.3 Å². The van der Waals surface area contributed by atoms with Crippen molar-refractivity contribution < 1.29 is 19.5 Å². The van der Waals surface area contributed by atoms with Crippen molar-refractivity contribution in [2.24, 2.45) is 11.8 Å². The predicted octanol–water partition coefficient (Wildman–Crippen LogP) is 2.06. The van der Waals surface area contributed by atoms with Crippen LogP contribution in [0, 0.1) is 11.8 Å². The lowest BCUT2D eigenvalue weighted by Gasteiger charge is -2.35. The molecule has 1 aromatic carbocycles. The van der Waals surface area contributed by atoms with Crippen molar-refractivity contribution in [3.63, 3.8) is 0 Å². The second-order valence-electron chi connectivity index (χ2n) is 9.09. The maximum Gasteiger partial charge on any atom is 0.248 e. The lowest BCUT2D eigenvalue weighted by Crippen LogP contribution is -2.53. The number of nitrogens with one attached hydrogen (secondary N) is 2. The van der Waals surface area contributed by atoms with Crippen molar-refractivity contribution >= 4 is 56.8 Å². The summed E-state index contributed by atoms with van der Waals surface area (Å²) < 4.78 is -0.673. The predicted molar refractivity (Wildman–Crippen MR) is 138 cm³/mol. The molecule has 3 saturated heterocycles. The first-order valence-corrected chi connectivity index (χ1v) is 13.7. The molecule has 0 radical (unpaired) electrons. The van der Waals surface area contributed by atoms with Gasteiger partial charge in [0.2, 0.25) is 17.7 Å². The molecule has 8 nitrogen and oxygen atoms in total. The van der Waals surface area contributed by atoms with Crippen molar-refractivity contribution in [1.82, 2.24) is 10.2 Å². The normalized spacial score (nSPS) is 31.5. The number of carbonyl (C=O) groups excluding carboxylic acids is 3. The molecular formula is C24H33BrN4O4S. The molecule has 2 bridgehead atoms. The van der Waals surface area contributed by atoms with Crippen LogP contribution in [0.1, 0.15) is 26.7 Å². The van der Waals surface area contributed by atoms with Crippen molar-refractivity contribution in [3.05, 3.63) is 24.3 Å². The van der Waals surface area contributed by atoms with Gasteiger partial charge in [0.15, 0.2) is 0 Å². The number of fused-ring (bicyclic) bond motifs is 1. The Hall–Kier alpha value is -1.78. The monoisotopic (exact) mass is 552 g/mol. The highest BCUT2D eigenvalue weighted by atomic mass is 79.9. The summed E-state index contributed by atoms with van der Waals surface area (Å²) >= 11 is 5.34. The number of thioether (sulfide) groups is 1. The lowest BCUT2D eigenvalue weighted by molar-refractivity contribution is -0.139. The maximum atomic E-state index is 13.7. The second-order valence-corrected chi connectivity index (χ2v) is 11.8.